The highest BCUT2D eigenvalue weighted by molar-refractivity contribution is 9.10. The summed E-state index contributed by atoms with van der Waals surface area (Å²) in [5.41, 5.74) is 1.73. The summed E-state index contributed by atoms with van der Waals surface area (Å²) in [6.07, 6.45) is 0. The molecule has 2 aromatic carbocycles. The van der Waals surface area contributed by atoms with E-state index in [9.17, 15) is 4.79 Å². The molecule has 1 aromatic heterocycles. The molecule has 0 aliphatic heterocycles. The Morgan fingerprint density at radius 2 is 1.83 bits per heavy atom. The van der Waals surface area contributed by atoms with Gasteiger partial charge in [-0.25, -0.2) is 0 Å². The van der Waals surface area contributed by atoms with Crippen LogP contribution in [0.3, 0.4) is 0 Å². The summed E-state index contributed by atoms with van der Waals surface area (Å²) < 4.78 is 11.3. The fraction of sp³-hybridized carbons (Fsp3) is 0.0588. The Labute approximate surface area is 141 Å². The van der Waals surface area contributed by atoms with Crippen LogP contribution < -0.4 is 10.1 Å². The zero-order valence-corrected chi connectivity index (χ0v) is 13.8. The Morgan fingerprint density at radius 1 is 1.13 bits per heavy atom. The van der Waals surface area contributed by atoms with E-state index in [4.69, 9.17) is 9.26 Å². The third-order valence-corrected chi connectivity index (χ3v) is 3.75. The smallest absolute Gasteiger partial charge is 0.277 e. The third kappa shape index (κ3) is 3.60. The molecule has 0 saturated heterocycles. The lowest BCUT2D eigenvalue weighted by Gasteiger charge is -2.04. The summed E-state index contributed by atoms with van der Waals surface area (Å²) in [6, 6.07) is 16.2. The number of benzene rings is 2. The number of hydrogen-bond acceptors (Lipinski definition) is 4. The second-order valence-electron chi connectivity index (χ2n) is 4.77. The fourth-order valence-corrected chi connectivity index (χ4v) is 2.27. The fourth-order valence-electron chi connectivity index (χ4n) is 2.00. The van der Waals surface area contributed by atoms with Crippen LogP contribution in [0.15, 0.2) is 63.6 Å². The van der Waals surface area contributed by atoms with Crippen molar-refractivity contribution in [3.63, 3.8) is 0 Å². The number of methoxy groups -OCH3 is 1. The van der Waals surface area contributed by atoms with Crippen LogP contribution in [0.25, 0.3) is 11.3 Å². The largest absolute Gasteiger partial charge is 0.497 e. The lowest BCUT2D eigenvalue weighted by molar-refractivity contribution is 0.101. The molecule has 1 heterocycles. The summed E-state index contributed by atoms with van der Waals surface area (Å²) in [4.78, 5) is 12.2. The van der Waals surface area contributed by atoms with Crippen LogP contribution in [0.1, 0.15) is 10.5 Å². The molecule has 0 saturated carbocycles. The van der Waals surface area contributed by atoms with Crippen molar-refractivity contribution in [2.75, 3.05) is 12.4 Å². The van der Waals surface area contributed by atoms with Crippen molar-refractivity contribution in [2.24, 2.45) is 0 Å². The molecule has 0 bridgehead atoms. The number of aromatic nitrogens is 1. The van der Waals surface area contributed by atoms with Crippen molar-refractivity contribution in [1.29, 1.82) is 0 Å². The van der Waals surface area contributed by atoms with E-state index < -0.39 is 0 Å². The van der Waals surface area contributed by atoms with Crippen LogP contribution in [0.4, 0.5) is 5.69 Å². The van der Waals surface area contributed by atoms with Gasteiger partial charge in [0.2, 0.25) is 0 Å². The van der Waals surface area contributed by atoms with E-state index in [1.54, 1.807) is 37.4 Å². The summed E-state index contributed by atoms with van der Waals surface area (Å²) in [5.74, 6) is 0.932. The quantitative estimate of drug-likeness (QED) is 0.738. The predicted molar refractivity (Wildman–Crippen MR) is 90.6 cm³/mol. The first kappa shape index (κ1) is 15.3. The van der Waals surface area contributed by atoms with E-state index in [1.165, 1.54) is 0 Å². The van der Waals surface area contributed by atoms with Gasteiger partial charge in [0.25, 0.3) is 5.91 Å². The average Bonchev–Trinajstić information content (AvgIpc) is 3.06. The minimum atomic E-state index is -0.331. The lowest BCUT2D eigenvalue weighted by Crippen LogP contribution is -2.11. The van der Waals surface area contributed by atoms with E-state index in [0.29, 0.717) is 11.4 Å². The Balaban J connectivity index is 1.74. The molecule has 1 amide bonds. The number of anilines is 1. The highest BCUT2D eigenvalue weighted by atomic mass is 79.9. The van der Waals surface area contributed by atoms with Gasteiger partial charge in [0.15, 0.2) is 11.5 Å². The number of halogens is 1. The van der Waals surface area contributed by atoms with Crippen LogP contribution in [0.5, 0.6) is 5.75 Å². The van der Waals surface area contributed by atoms with Crippen molar-refractivity contribution in [1.82, 2.24) is 5.16 Å². The van der Waals surface area contributed by atoms with Crippen LogP contribution >= 0.6 is 15.9 Å². The first-order chi connectivity index (χ1) is 11.2. The van der Waals surface area contributed by atoms with E-state index in [-0.39, 0.29) is 11.6 Å². The number of carbonyl (C=O) groups is 1. The molecule has 5 nitrogen and oxygen atoms in total. The van der Waals surface area contributed by atoms with Gasteiger partial charge in [0.1, 0.15) is 5.75 Å². The van der Waals surface area contributed by atoms with Gasteiger partial charge in [-0.2, -0.15) is 0 Å². The Kier molecular flexibility index (Phi) is 4.43. The zero-order valence-electron chi connectivity index (χ0n) is 12.2. The molecule has 6 heteroatoms. The number of hydrogen-bond donors (Lipinski definition) is 1. The minimum Gasteiger partial charge on any atom is -0.497 e. The molecule has 3 rings (SSSR count). The number of rotatable bonds is 4. The van der Waals surface area contributed by atoms with Gasteiger partial charge >= 0.3 is 0 Å². The van der Waals surface area contributed by atoms with Gasteiger partial charge in [-0.05, 0) is 36.4 Å². The standard InChI is InChI=1S/C17H13BrN2O3/c1-22-14-8-6-13(7-9-14)19-17(21)15-10-16(23-20-15)11-2-4-12(18)5-3-11/h2-10H,1H3,(H,19,21). The van der Waals surface area contributed by atoms with Gasteiger partial charge < -0.3 is 14.6 Å². The number of nitrogens with one attached hydrogen (secondary N) is 1. The highest BCUT2D eigenvalue weighted by Crippen LogP contribution is 2.23. The van der Waals surface area contributed by atoms with Crippen LogP contribution in [-0.4, -0.2) is 18.2 Å². The molecule has 0 unspecified atom stereocenters. The molecular formula is C17H13BrN2O3. The van der Waals surface area contributed by atoms with Gasteiger partial charge in [-0.3, -0.25) is 4.79 Å². The van der Waals surface area contributed by atoms with E-state index in [0.717, 1.165) is 15.8 Å². The molecule has 0 fully saturated rings. The molecule has 0 atom stereocenters. The number of nitrogens with zero attached hydrogens (tertiary/aromatic N) is 1. The van der Waals surface area contributed by atoms with Gasteiger partial charge in [-0.1, -0.05) is 33.2 Å². The van der Waals surface area contributed by atoms with E-state index in [2.05, 4.69) is 26.4 Å². The third-order valence-electron chi connectivity index (χ3n) is 3.22. The molecule has 23 heavy (non-hydrogen) atoms. The Bertz CT molecular complexity index is 811. The van der Waals surface area contributed by atoms with Crippen molar-refractivity contribution in [3.8, 4) is 17.1 Å². The minimum absolute atomic E-state index is 0.221. The van der Waals surface area contributed by atoms with Gasteiger partial charge in [-0.15, -0.1) is 0 Å². The van der Waals surface area contributed by atoms with E-state index in [1.807, 2.05) is 24.3 Å². The highest BCUT2D eigenvalue weighted by Gasteiger charge is 2.14. The molecule has 116 valence electrons. The maximum Gasteiger partial charge on any atom is 0.277 e. The number of ether oxygens (including phenoxy) is 1. The van der Waals surface area contributed by atoms with Crippen molar-refractivity contribution < 1.29 is 14.1 Å². The first-order valence-electron chi connectivity index (χ1n) is 6.84. The topological polar surface area (TPSA) is 64.4 Å². The predicted octanol–water partition coefficient (Wildman–Crippen LogP) is 4.37. The number of amides is 1. The van der Waals surface area contributed by atoms with Crippen LogP contribution in [0, 0.1) is 0 Å². The number of carbonyl (C=O) groups excluding carboxylic acids is 1. The van der Waals surface area contributed by atoms with Crippen molar-refractivity contribution in [3.05, 3.63) is 64.8 Å². The zero-order chi connectivity index (χ0) is 16.2. The summed E-state index contributed by atoms with van der Waals surface area (Å²) in [6.45, 7) is 0. The monoisotopic (exact) mass is 372 g/mol. The summed E-state index contributed by atoms with van der Waals surface area (Å²) in [7, 11) is 1.59. The molecule has 0 aliphatic rings. The second kappa shape index (κ2) is 6.66. The van der Waals surface area contributed by atoms with Gasteiger partial charge in [0.05, 0.1) is 7.11 Å². The molecule has 0 spiro atoms. The van der Waals surface area contributed by atoms with Crippen molar-refractivity contribution in [2.45, 2.75) is 0 Å². The maximum absolute atomic E-state index is 12.2. The summed E-state index contributed by atoms with van der Waals surface area (Å²) in [5, 5.41) is 6.58. The molecule has 0 aliphatic carbocycles. The normalized spacial score (nSPS) is 10.3. The Hall–Kier alpha value is -2.60. The van der Waals surface area contributed by atoms with Gasteiger partial charge in [0, 0.05) is 21.8 Å². The van der Waals surface area contributed by atoms with E-state index >= 15 is 0 Å². The maximum atomic E-state index is 12.2. The molecular weight excluding hydrogens is 360 g/mol. The molecule has 1 N–H and O–H groups in total. The Morgan fingerprint density at radius 3 is 2.48 bits per heavy atom. The molecule has 3 aromatic rings. The lowest BCUT2D eigenvalue weighted by atomic mass is 10.1. The SMILES string of the molecule is COc1ccc(NC(=O)c2cc(-c3ccc(Br)cc3)on2)cc1. The second-order valence-corrected chi connectivity index (χ2v) is 5.68. The summed E-state index contributed by atoms with van der Waals surface area (Å²) >= 11 is 3.37. The van der Waals surface area contributed by atoms with Crippen molar-refractivity contribution >= 4 is 27.5 Å². The first-order valence-corrected chi connectivity index (χ1v) is 7.63. The molecule has 0 radical (unpaired) electrons. The van der Waals surface area contributed by atoms with Crippen LogP contribution in [0.2, 0.25) is 0 Å². The van der Waals surface area contributed by atoms with Crippen LogP contribution in [-0.2, 0) is 0 Å². The average molecular weight is 373 g/mol.